The molecule has 3 rings (SSSR count). The van der Waals surface area contributed by atoms with Gasteiger partial charge in [-0.1, -0.05) is 6.42 Å². The number of unbranched alkanes of at least 4 members (excludes halogenated alkanes) is 1. The molecule has 5 heteroatoms. The third kappa shape index (κ3) is 4.98. The Morgan fingerprint density at radius 1 is 1.04 bits per heavy atom. The molecule has 0 aliphatic carbocycles. The monoisotopic (exact) mass is 343 g/mol. The van der Waals surface area contributed by atoms with E-state index in [-0.39, 0.29) is 5.82 Å². The summed E-state index contributed by atoms with van der Waals surface area (Å²) in [6.45, 7) is 6.25. The van der Waals surface area contributed by atoms with Gasteiger partial charge >= 0.3 is 0 Å². The molecule has 1 saturated heterocycles. The van der Waals surface area contributed by atoms with Crippen LogP contribution in [-0.2, 0) is 0 Å². The highest BCUT2D eigenvalue weighted by Crippen LogP contribution is 2.26. The molecule has 1 fully saturated rings. The van der Waals surface area contributed by atoms with Crippen molar-refractivity contribution in [3.63, 3.8) is 0 Å². The van der Waals surface area contributed by atoms with Gasteiger partial charge in [0.2, 0.25) is 5.88 Å². The zero-order valence-corrected chi connectivity index (χ0v) is 14.9. The van der Waals surface area contributed by atoms with Crippen molar-refractivity contribution in [1.29, 1.82) is 0 Å². The summed E-state index contributed by atoms with van der Waals surface area (Å²) in [4.78, 5) is 11.1. The number of rotatable bonds is 7. The largest absolute Gasteiger partial charge is 0.477 e. The highest BCUT2D eigenvalue weighted by molar-refractivity contribution is 5.64. The normalized spacial score (nSPS) is 15.3. The molecular formula is C20H26FN3O. The van der Waals surface area contributed by atoms with Gasteiger partial charge < -0.3 is 9.64 Å². The Balaban J connectivity index is 1.51. The van der Waals surface area contributed by atoms with Crippen LogP contribution < -0.4 is 4.74 Å². The van der Waals surface area contributed by atoms with E-state index in [9.17, 15) is 4.39 Å². The van der Waals surface area contributed by atoms with E-state index in [0.717, 1.165) is 36.2 Å². The molecule has 1 aliphatic heterocycles. The van der Waals surface area contributed by atoms with Gasteiger partial charge in [-0.25, -0.2) is 14.4 Å². The van der Waals surface area contributed by atoms with Crippen molar-refractivity contribution in [1.82, 2.24) is 14.9 Å². The molecule has 4 nitrogen and oxygen atoms in total. The fourth-order valence-corrected chi connectivity index (χ4v) is 3.27. The van der Waals surface area contributed by atoms with Gasteiger partial charge in [0, 0.05) is 11.1 Å². The summed E-state index contributed by atoms with van der Waals surface area (Å²) in [5, 5.41) is 0. The molecule has 0 atom stereocenters. The number of aromatic nitrogens is 2. The Kier molecular flexibility index (Phi) is 6.34. The van der Waals surface area contributed by atoms with E-state index in [4.69, 9.17) is 4.74 Å². The predicted octanol–water partition coefficient (Wildman–Crippen LogP) is 4.24. The molecule has 0 unspecified atom stereocenters. The number of likely N-dealkylation sites (tertiary alicyclic amines) is 1. The molecule has 2 heterocycles. The number of hydrogen-bond donors (Lipinski definition) is 0. The number of hydrogen-bond acceptors (Lipinski definition) is 4. The van der Waals surface area contributed by atoms with Crippen LogP contribution in [0.3, 0.4) is 0 Å². The van der Waals surface area contributed by atoms with Crippen LogP contribution in [0.2, 0.25) is 0 Å². The summed E-state index contributed by atoms with van der Waals surface area (Å²) in [6.07, 6.45) is 7.73. The summed E-state index contributed by atoms with van der Waals surface area (Å²) in [7, 11) is 0. The van der Waals surface area contributed by atoms with Crippen LogP contribution in [0.1, 0.15) is 37.7 Å². The maximum Gasteiger partial charge on any atom is 0.219 e. The SMILES string of the molecule is Cc1c(OCCCCN2CCCCC2)ncnc1-c1ccc(F)cc1. The molecule has 25 heavy (non-hydrogen) atoms. The minimum atomic E-state index is -0.249. The molecule has 134 valence electrons. The average Bonchev–Trinajstić information content (AvgIpc) is 2.64. The van der Waals surface area contributed by atoms with Gasteiger partial charge in [0.25, 0.3) is 0 Å². The van der Waals surface area contributed by atoms with Gasteiger partial charge in [-0.05, 0) is 76.5 Å². The molecule has 1 aliphatic rings. The minimum Gasteiger partial charge on any atom is -0.477 e. The summed E-state index contributed by atoms with van der Waals surface area (Å²) >= 11 is 0. The van der Waals surface area contributed by atoms with Crippen LogP contribution in [0.15, 0.2) is 30.6 Å². The smallest absolute Gasteiger partial charge is 0.219 e. The molecule has 2 aromatic rings. The first kappa shape index (κ1) is 17.8. The lowest BCUT2D eigenvalue weighted by Gasteiger charge is -2.26. The number of benzene rings is 1. The second-order valence-electron chi connectivity index (χ2n) is 6.62. The van der Waals surface area contributed by atoms with Gasteiger partial charge in [-0.15, -0.1) is 0 Å². The lowest BCUT2D eigenvalue weighted by atomic mass is 10.1. The third-order valence-electron chi connectivity index (χ3n) is 4.71. The molecule has 0 radical (unpaired) electrons. The van der Waals surface area contributed by atoms with E-state index >= 15 is 0 Å². The first-order valence-corrected chi connectivity index (χ1v) is 9.17. The molecule has 0 bridgehead atoms. The van der Waals surface area contributed by atoms with E-state index in [1.807, 2.05) is 6.92 Å². The summed E-state index contributed by atoms with van der Waals surface area (Å²) in [6, 6.07) is 6.34. The van der Waals surface area contributed by atoms with Gasteiger partial charge in [0.1, 0.15) is 12.1 Å². The van der Waals surface area contributed by atoms with Gasteiger partial charge in [-0.3, -0.25) is 0 Å². The Morgan fingerprint density at radius 3 is 2.56 bits per heavy atom. The van der Waals surface area contributed by atoms with E-state index in [1.54, 1.807) is 12.1 Å². The second-order valence-corrected chi connectivity index (χ2v) is 6.62. The first-order chi connectivity index (χ1) is 12.2. The lowest BCUT2D eigenvalue weighted by Crippen LogP contribution is -2.30. The zero-order valence-electron chi connectivity index (χ0n) is 14.9. The summed E-state index contributed by atoms with van der Waals surface area (Å²) < 4.78 is 19.0. The molecular weight excluding hydrogens is 317 g/mol. The molecule has 1 aromatic carbocycles. The Morgan fingerprint density at radius 2 is 1.80 bits per heavy atom. The van der Waals surface area contributed by atoms with E-state index in [0.29, 0.717) is 12.5 Å². The van der Waals surface area contributed by atoms with Crippen LogP contribution in [0.5, 0.6) is 5.88 Å². The predicted molar refractivity (Wildman–Crippen MR) is 97.2 cm³/mol. The fourth-order valence-electron chi connectivity index (χ4n) is 3.27. The highest BCUT2D eigenvalue weighted by Gasteiger charge is 2.11. The molecule has 0 spiro atoms. The van der Waals surface area contributed by atoms with Crippen molar-refractivity contribution in [2.24, 2.45) is 0 Å². The maximum absolute atomic E-state index is 13.1. The van der Waals surface area contributed by atoms with Crippen LogP contribution >= 0.6 is 0 Å². The standard InChI is InChI=1S/C20H26FN3O/c1-16-19(17-7-9-18(21)10-8-17)22-15-23-20(16)25-14-6-5-13-24-11-3-2-4-12-24/h7-10,15H,2-6,11-14H2,1H3. The van der Waals surface area contributed by atoms with Crippen LogP contribution in [-0.4, -0.2) is 41.1 Å². The highest BCUT2D eigenvalue weighted by atomic mass is 19.1. The Labute approximate surface area is 149 Å². The van der Waals surface area contributed by atoms with E-state index in [2.05, 4.69) is 14.9 Å². The van der Waals surface area contributed by atoms with Gasteiger partial charge in [0.15, 0.2) is 0 Å². The van der Waals surface area contributed by atoms with Crippen molar-refractivity contribution in [3.8, 4) is 17.1 Å². The van der Waals surface area contributed by atoms with Crippen molar-refractivity contribution >= 4 is 0 Å². The molecule has 0 N–H and O–H groups in total. The maximum atomic E-state index is 13.1. The molecule has 0 amide bonds. The molecule has 0 saturated carbocycles. The van der Waals surface area contributed by atoms with Crippen molar-refractivity contribution in [3.05, 3.63) is 42.0 Å². The summed E-state index contributed by atoms with van der Waals surface area (Å²) in [5.74, 6) is 0.368. The second kappa shape index (κ2) is 8.90. The van der Waals surface area contributed by atoms with Crippen molar-refractivity contribution < 1.29 is 9.13 Å². The summed E-state index contributed by atoms with van der Waals surface area (Å²) in [5.41, 5.74) is 2.56. The van der Waals surface area contributed by atoms with Crippen LogP contribution in [0.25, 0.3) is 11.3 Å². The lowest BCUT2D eigenvalue weighted by molar-refractivity contribution is 0.214. The van der Waals surface area contributed by atoms with Crippen molar-refractivity contribution in [2.45, 2.75) is 39.0 Å². The van der Waals surface area contributed by atoms with Gasteiger partial charge in [0.05, 0.1) is 12.3 Å². The zero-order chi connectivity index (χ0) is 17.5. The topological polar surface area (TPSA) is 38.2 Å². The average molecular weight is 343 g/mol. The number of piperidine rings is 1. The Bertz CT molecular complexity index is 669. The number of nitrogens with zero attached hydrogens (tertiary/aromatic N) is 3. The fraction of sp³-hybridized carbons (Fsp3) is 0.500. The van der Waals surface area contributed by atoms with E-state index < -0.39 is 0 Å². The molecule has 1 aromatic heterocycles. The van der Waals surface area contributed by atoms with Gasteiger partial charge in [-0.2, -0.15) is 0 Å². The quantitative estimate of drug-likeness (QED) is 0.705. The third-order valence-corrected chi connectivity index (χ3v) is 4.71. The Hall–Kier alpha value is -2.01. The van der Waals surface area contributed by atoms with E-state index in [1.165, 1.54) is 50.8 Å². The number of halogens is 1. The van der Waals surface area contributed by atoms with Crippen molar-refractivity contribution in [2.75, 3.05) is 26.2 Å². The van der Waals surface area contributed by atoms with Crippen LogP contribution in [0, 0.1) is 12.7 Å². The number of ether oxygens (including phenoxy) is 1. The minimum absolute atomic E-state index is 0.249. The first-order valence-electron chi connectivity index (χ1n) is 9.17. The van der Waals surface area contributed by atoms with Crippen LogP contribution in [0.4, 0.5) is 4.39 Å².